The van der Waals surface area contributed by atoms with Crippen LogP contribution in [-0.4, -0.2) is 84.8 Å². The first-order chi connectivity index (χ1) is 31.1. The summed E-state index contributed by atoms with van der Waals surface area (Å²) in [4.78, 5) is 42.9. The number of rotatable bonds is 14. The minimum atomic E-state index is -3.60. The molecule has 0 unspecified atom stereocenters. The second-order valence-electron chi connectivity index (χ2n) is 16.0. The molecule has 0 spiro atoms. The molecule has 3 N–H and O–H groups in total. The van der Waals surface area contributed by atoms with E-state index in [0.717, 1.165) is 94.8 Å². The van der Waals surface area contributed by atoms with Crippen molar-refractivity contribution in [2.24, 2.45) is 0 Å². The van der Waals surface area contributed by atoms with Crippen LogP contribution in [0.4, 0.5) is 0 Å². The molecule has 2 aliphatic rings. The molecule has 2 aliphatic carbocycles. The Labute approximate surface area is 375 Å². The molecule has 15 heteroatoms. The molecule has 0 bridgehead atoms. The van der Waals surface area contributed by atoms with Gasteiger partial charge in [-0.2, -0.15) is 0 Å². The van der Waals surface area contributed by atoms with Gasteiger partial charge in [-0.05, 0) is 68.5 Å². The van der Waals surface area contributed by atoms with Gasteiger partial charge in [-0.3, -0.25) is 18.4 Å². The van der Waals surface area contributed by atoms with E-state index < -0.39 is 9.84 Å². The molecule has 8 aromatic rings. The molecule has 2 fully saturated rings. The molecule has 64 heavy (non-hydrogen) atoms. The number of imidazole rings is 2. The van der Waals surface area contributed by atoms with Crippen LogP contribution in [0.25, 0.3) is 56.3 Å². The normalized spacial score (nSPS) is 13.7. The number of carbonyl (C=O) groups excluding carboxylic acids is 2. The SMILES string of the molecule is CS(=O)(=O)c1nc(-c2ccccc2)cn2c(-c3ccc(C(=O)NC4CC4)cc3)cnc12.O=C(NC1CC1)c1ccc(-c2cnc3c(SCCCCO)nc(-c4ccccc4)cn23)cc1. The Kier molecular flexibility index (Phi) is 12.4. The van der Waals surface area contributed by atoms with E-state index >= 15 is 0 Å². The molecule has 4 aromatic heterocycles. The van der Waals surface area contributed by atoms with Crippen molar-refractivity contribution in [2.45, 2.75) is 60.7 Å². The molecular formula is C49H46N8O5S2. The number of hydrogen-bond acceptors (Lipinski definition) is 10. The number of benzene rings is 4. The average molecular weight is 891 g/mol. The minimum absolute atomic E-state index is 0.0145. The van der Waals surface area contributed by atoms with Gasteiger partial charge >= 0.3 is 0 Å². The van der Waals surface area contributed by atoms with E-state index in [1.54, 1.807) is 40.7 Å². The number of fused-ring (bicyclic) bond motifs is 2. The number of aliphatic hydroxyl groups excluding tert-OH is 1. The minimum Gasteiger partial charge on any atom is -0.396 e. The molecule has 0 aliphatic heterocycles. The van der Waals surface area contributed by atoms with Gasteiger partial charge in [0.15, 0.2) is 26.2 Å². The van der Waals surface area contributed by atoms with Gasteiger partial charge in [0.2, 0.25) is 0 Å². The average Bonchev–Trinajstić information content (AvgIpc) is 4.24. The lowest BCUT2D eigenvalue weighted by Crippen LogP contribution is -2.25. The highest BCUT2D eigenvalue weighted by atomic mass is 32.2. The second kappa shape index (κ2) is 18.6. The molecule has 4 aromatic carbocycles. The maximum atomic E-state index is 12.4. The number of nitrogens with zero attached hydrogens (tertiary/aromatic N) is 6. The maximum absolute atomic E-state index is 12.4. The number of aliphatic hydroxyl groups is 1. The van der Waals surface area contributed by atoms with Gasteiger partial charge < -0.3 is 15.7 Å². The maximum Gasteiger partial charge on any atom is 0.251 e. The van der Waals surface area contributed by atoms with Crippen molar-refractivity contribution in [2.75, 3.05) is 18.6 Å². The van der Waals surface area contributed by atoms with Crippen molar-refractivity contribution in [1.82, 2.24) is 39.4 Å². The van der Waals surface area contributed by atoms with Gasteiger partial charge in [0.05, 0.1) is 35.2 Å². The Balaban J connectivity index is 0.000000162. The van der Waals surface area contributed by atoms with Crippen LogP contribution < -0.4 is 10.6 Å². The van der Waals surface area contributed by atoms with Crippen LogP contribution in [0.1, 0.15) is 59.2 Å². The van der Waals surface area contributed by atoms with Crippen molar-refractivity contribution in [3.05, 3.63) is 145 Å². The zero-order valence-electron chi connectivity index (χ0n) is 35.1. The highest BCUT2D eigenvalue weighted by Crippen LogP contribution is 2.32. The molecule has 0 saturated heterocycles. The summed E-state index contributed by atoms with van der Waals surface area (Å²) in [6.45, 7) is 0.204. The summed E-state index contributed by atoms with van der Waals surface area (Å²) >= 11 is 1.67. The molecule has 0 radical (unpaired) electrons. The fourth-order valence-electron chi connectivity index (χ4n) is 7.15. The van der Waals surface area contributed by atoms with E-state index in [0.29, 0.717) is 34.6 Å². The van der Waals surface area contributed by atoms with Crippen LogP contribution in [0.2, 0.25) is 0 Å². The van der Waals surface area contributed by atoms with E-state index in [-0.39, 0.29) is 29.1 Å². The Bertz CT molecular complexity index is 3060. The largest absolute Gasteiger partial charge is 0.396 e. The van der Waals surface area contributed by atoms with Crippen LogP contribution in [0.5, 0.6) is 0 Å². The summed E-state index contributed by atoms with van der Waals surface area (Å²) in [6.07, 6.45) is 14.3. The van der Waals surface area contributed by atoms with Gasteiger partial charge in [0, 0.05) is 70.7 Å². The van der Waals surface area contributed by atoms with Gasteiger partial charge in [0.1, 0.15) is 5.03 Å². The highest BCUT2D eigenvalue weighted by molar-refractivity contribution is 7.99. The third-order valence-corrected chi connectivity index (χ3v) is 12.9. The quantitative estimate of drug-likeness (QED) is 0.0714. The van der Waals surface area contributed by atoms with Gasteiger partial charge in [-0.1, -0.05) is 84.9 Å². The Morgan fingerprint density at radius 1 is 0.641 bits per heavy atom. The number of sulfone groups is 1. The lowest BCUT2D eigenvalue weighted by atomic mass is 10.1. The van der Waals surface area contributed by atoms with Crippen LogP contribution in [0.3, 0.4) is 0 Å². The van der Waals surface area contributed by atoms with Crippen molar-refractivity contribution >= 4 is 44.7 Å². The third kappa shape index (κ3) is 9.76. The Morgan fingerprint density at radius 3 is 1.58 bits per heavy atom. The molecule has 2 amide bonds. The Hall–Kier alpha value is -6.68. The van der Waals surface area contributed by atoms with Crippen LogP contribution in [-0.2, 0) is 9.84 Å². The Morgan fingerprint density at radius 2 is 1.11 bits per heavy atom. The van der Waals surface area contributed by atoms with E-state index in [1.807, 2.05) is 97.3 Å². The molecule has 10 rings (SSSR count). The molecule has 0 atom stereocenters. The van der Waals surface area contributed by atoms with Crippen LogP contribution in [0.15, 0.2) is 144 Å². The fourth-order valence-corrected chi connectivity index (χ4v) is 8.88. The van der Waals surface area contributed by atoms with Gasteiger partial charge in [-0.15, -0.1) is 11.8 Å². The number of aromatic nitrogens is 6. The summed E-state index contributed by atoms with van der Waals surface area (Å²) in [5.41, 5.74) is 9.10. The number of amides is 2. The highest BCUT2D eigenvalue weighted by Gasteiger charge is 2.25. The summed E-state index contributed by atoms with van der Waals surface area (Å²) < 4.78 is 28.7. The predicted molar refractivity (Wildman–Crippen MR) is 249 cm³/mol. The van der Waals surface area contributed by atoms with E-state index in [1.165, 1.54) is 0 Å². The molecule has 324 valence electrons. The first-order valence-electron chi connectivity index (χ1n) is 21.3. The number of hydrogen-bond donors (Lipinski definition) is 3. The zero-order valence-corrected chi connectivity index (χ0v) is 36.7. The first-order valence-corrected chi connectivity index (χ1v) is 24.1. The van der Waals surface area contributed by atoms with Crippen molar-refractivity contribution in [1.29, 1.82) is 0 Å². The lowest BCUT2D eigenvalue weighted by molar-refractivity contribution is 0.0942. The monoisotopic (exact) mass is 890 g/mol. The second-order valence-corrected chi connectivity index (χ2v) is 19.0. The van der Waals surface area contributed by atoms with Crippen LogP contribution >= 0.6 is 11.8 Å². The standard InChI is InChI=1S/C26H26N4O2S.C23H20N4O3S/c31-14-4-5-15-33-26-24-27-16-23(30(24)17-22(29-26)18-6-2-1-3-7-18)19-8-10-20(11-9-19)25(32)28-21-12-13-21;1-31(29,30)23-21-24-13-20(27(21)14-19(26-23)15-5-3-2-4-6-15)16-7-9-17(10-8-16)22(28)25-18-11-12-18/h1-3,6-11,16-17,21,31H,4-5,12-15H2,(H,28,32);2-10,13-14,18H,11-12H2,1H3,(H,25,28). The van der Waals surface area contributed by atoms with Gasteiger partial charge in [0.25, 0.3) is 11.8 Å². The van der Waals surface area contributed by atoms with Crippen LogP contribution in [0, 0.1) is 0 Å². The molecule has 4 heterocycles. The molecule has 2 saturated carbocycles. The summed E-state index contributed by atoms with van der Waals surface area (Å²) in [7, 11) is -3.60. The summed E-state index contributed by atoms with van der Waals surface area (Å²) in [5, 5.41) is 15.9. The third-order valence-electron chi connectivity index (χ3n) is 10.9. The van der Waals surface area contributed by atoms with E-state index in [9.17, 15) is 18.0 Å². The van der Waals surface area contributed by atoms with Crippen molar-refractivity contribution in [3.8, 4) is 45.0 Å². The van der Waals surface area contributed by atoms with E-state index in [2.05, 4.69) is 42.1 Å². The zero-order chi connectivity index (χ0) is 44.2. The fraction of sp³-hybridized carbons (Fsp3) is 0.224. The summed E-state index contributed by atoms with van der Waals surface area (Å²) in [6, 6.07) is 35.1. The lowest BCUT2D eigenvalue weighted by Gasteiger charge is -2.10. The first kappa shape index (κ1) is 42.6. The van der Waals surface area contributed by atoms with Crippen molar-refractivity contribution < 1.29 is 23.1 Å². The molecular weight excluding hydrogens is 845 g/mol. The number of unbranched alkanes of at least 4 members (excludes halogenated alkanes) is 1. The topological polar surface area (TPSA) is 173 Å². The smallest absolute Gasteiger partial charge is 0.251 e. The number of thioether (sulfide) groups is 1. The molecule has 13 nitrogen and oxygen atoms in total. The predicted octanol–water partition coefficient (Wildman–Crippen LogP) is 8.18. The number of carbonyl (C=O) groups is 2. The van der Waals surface area contributed by atoms with E-state index in [4.69, 9.17) is 10.1 Å². The summed E-state index contributed by atoms with van der Waals surface area (Å²) in [5.74, 6) is 0.774. The number of nitrogens with one attached hydrogen (secondary N) is 2. The van der Waals surface area contributed by atoms with Crippen molar-refractivity contribution in [3.63, 3.8) is 0 Å². The van der Waals surface area contributed by atoms with Gasteiger partial charge in [-0.25, -0.2) is 28.4 Å².